The Labute approximate surface area is 129 Å². The monoisotopic (exact) mass is 297 g/mol. The molecule has 114 valence electrons. The quantitative estimate of drug-likeness (QED) is 0.643. The zero-order chi connectivity index (χ0) is 15.7. The normalized spacial score (nSPS) is 16.6. The average molecular weight is 297 g/mol. The van der Waals surface area contributed by atoms with Crippen molar-refractivity contribution in [2.75, 3.05) is 0 Å². The second-order valence-electron chi connectivity index (χ2n) is 5.82. The molecule has 0 saturated heterocycles. The summed E-state index contributed by atoms with van der Waals surface area (Å²) in [5.74, 6) is -0.477. The van der Waals surface area contributed by atoms with Crippen molar-refractivity contribution in [2.45, 2.75) is 38.8 Å². The molecule has 4 nitrogen and oxygen atoms in total. The highest BCUT2D eigenvalue weighted by atomic mass is 16.5. The summed E-state index contributed by atoms with van der Waals surface area (Å²) in [6.07, 6.45) is 0.568. The van der Waals surface area contributed by atoms with Gasteiger partial charge in [0.15, 0.2) is 0 Å². The van der Waals surface area contributed by atoms with E-state index in [2.05, 4.69) is 0 Å². The molecule has 0 radical (unpaired) electrons. The Hall–Kier alpha value is -2.36. The number of hydrogen-bond acceptors (Lipinski definition) is 3. The Morgan fingerprint density at radius 1 is 1.14 bits per heavy atom. The summed E-state index contributed by atoms with van der Waals surface area (Å²) in [6.45, 7) is 4.36. The van der Waals surface area contributed by atoms with E-state index < -0.39 is 0 Å². The van der Waals surface area contributed by atoms with Crippen LogP contribution in [0, 0.1) is 0 Å². The number of hydrogen-bond donors (Lipinski definition) is 0. The van der Waals surface area contributed by atoms with E-state index in [9.17, 15) is 9.59 Å². The van der Waals surface area contributed by atoms with E-state index in [0.29, 0.717) is 24.2 Å². The lowest BCUT2D eigenvalue weighted by atomic mass is 10.1. The summed E-state index contributed by atoms with van der Waals surface area (Å²) < 4.78 is 7.25. The van der Waals surface area contributed by atoms with Gasteiger partial charge in [0, 0.05) is 17.8 Å². The Bertz CT molecular complexity index is 700. The topological polar surface area (TPSA) is 48.3 Å². The molecule has 2 heterocycles. The van der Waals surface area contributed by atoms with Gasteiger partial charge in [0.25, 0.3) is 0 Å². The van der Waals surface area contributed by atoms with E-state index >= 15 is 0 Å². The summed E-state index contributed by atoms with van der Waals surface area (Å²) >= 11 is 0. The molecule has 0 fully saturated rings. The largest absolute Gasteiger partial charge is 0.462 e. The van der Waals surface area contributed by atoms with Crippen LogP contribution in [0.5, 0.6) is 0 Å². The maximum absolute atomic E-state index is 12.6. The van der Waals surface area contributed by atoms with Gasteiger partial charge in [-0.25, -0.2) is 0 Å². The molecule has 22 heavy (non-hydrogen) atoms. The van der Waals surface area contributed by atoms with E-state index in [1.807, 2.05) is 54.8 Å². The molecule has 4 heteroatoms. The lowest BCUT2D eigenvalue weighted by Gasteiger charge is -2.12. The molecule has 1 aromatic carbocycles. The van der Waals surface area contributed by atoms with Crippen LogP contribution in [0.25, 0.3) is 0 Å². The van der Waals surface area contributed by atoms with Gasteiger partial charge in [0.05, 0.1) is 17.7 Å². The standard InChI is InChI=1S/C18H19NO3/c1-12(2)22-18(21)14-10-11-19-15(14)8-9-16(19)17(20)13-6-4-3-5-7-13/h3-9,12,14H,10-11H2,1-2H3. The highest BCUT2D eigenvalue weighted by Gasteiger charge is 2.33. The SMILES string of the molecule is CC(C)OC(=O)C1CCn2c(C(=O)c3ccccc3)ccc21. The molecule has 1 aliphatic heterocycles. The highest BCUT2D eigenvalue weighted by Crippen LogP contribution is 2.32. The Morgan fingerprint density at radius 3 is 2.55 bits per heavy atom. The van der Waals surface area contributed by atoms with E-state index in [1.165, 1.54) is 0 Å². The third-order valence-corrected chi connectivity index (χ3v) is 3.92. The number of benzene rings is 1. The molecule has 1 unspecified atom stereocenters. The van der Waals surface area contributed by atoms with Crippen LogP contribution in [-0.2, 0) is 16.1 Å². The molecule has 0 spiro atoms. The van der Waals surface area contributed by atoms with Crippen LogP contribution in [0.4, 0.5) is 0 Å². The van der Waals surface area contributed by atoms with Crippen LogP contribution in [-0.4, -0.2) is 22.4 Å². The number of fused-ring (bicyclic) bond motifs is 1. The van der Waals surface area contributed by atoms with Gasteiger partial charge in [-0.15, -0.1) is 0 Å². The number of esters is 1. The van der Waals surface area contributed by atoms with Crippen LogP contribution < -0.4 is 0 Å². The number of nitrogens with zero attached hydrogens (tertiary/aromatic N) is 1. The molecule has 0 N–H and O–H groups in total. The van der Waals surface area contributed by atoms with Crippen molar-refractivity contribution < 1.29 is 14.3 Å². The summed E-state index contributed by atoms with van der Waals surface area (Å²) in [6, 6.07) is 12.9. The minimum Gasteiger partial charge on any atom is -0.462 e. The van der Waals surface area contributed by atoms with Crippen LogP contribution in [0.1, 0.15) is 47.9 Å². The van der Waals surface area contributed by atoms with Crippen molar-refractivity contribution in [1.29, 1.82) is 0 Å². The first-order valence-electron chi connectivity index (χ1n) is 7.57. The van der Waals surface area contributed by atoms with Gasteiger partial charge in [0.1, 0.15) is 0 Å². The van der Waals surface area contributed by atoms with Crippen LogP contribution in [0.15, 0.2) is 42.5 Å². The van der Waals surface area contributed by atoms with Crippen molar-refractivity contribution in [3.05, 3.63) is 59.4 Å². The third-order valence-electron chi connectivity index (χ3n) is 3.92. The van der Waals surface area contributed by atoms with Crippen molar-refractivity contribution in [2.24, 2.45) is 0 Å². The first-order valence-corrected chi connectivity index (χ1v) is 7.57. The van der Waals surface area contributed by atoms with E-state index in [1.54, 1.807) is 6.07 Å². The molecular weight excluding hydrogens is 278 g/mol. The molecule has 1 atom stereocenters. The minimum absolute atomic E-state index is 0.00951. The number of rotatable bonds is 4. The maximum Gasteiger partial charge on any atom is 0.315 e. The Kier molecular flexibility index (Phi) is 3.84. The van der Waals surface area contributed by atoms with Gasteiger partial charge in [-0.3, -0.25) is 9.59 Å². The highest BCUT2D eigenvalue weighted by molar-refractivity contribution is 6.08. The van der Waals surface area contributed by atoms with Gasteiger partial charge in [-0.2, -0.15) is 0 Å². The zero-order valence-corrected chi connectivity index (χ0v) is 12.8. The predicted molar refractivity (Wildman–Crippen MR) is 82.9 cm³/mol. The molecular formula is C18H19NO3. The van der Waals surface area contributed by atoms with Gasteiger partial charge in [0.2, 0.25) is 5.78 Å². The Morgan fingerprint density at radius 2 is 1.86 bits per heavy atom. The molecule has 0 amide bonds. The predicted octanol–water partition coefficient (Wildman–Crippen LogP) is 3.16. The fourth-order valence-electron chi connectivity index (χ4n) is 2.93. The summed E-state index contributed by atoms with van der Waals surface area (Å²) in [4.78, 5) is 24.7. The van der Waals surface area contributed by atoms with Crippen LogP contribution in [0.3, 0.4) is 0 Å². The second kappa shape index (κ2) is 5.79. The van der Waals surface area contributed by atoms with Crippen LogP contribution >= 0.6 is 0 Å². The van der Waals surface area contributed by atoms with E-state index in [4.69, 9.17) is 4.74 Å². The van der Waals surface area contributed by atoms with Gasteiger partial charge in [-0.05, 0) is 32.4 Å². The van der Waals surface area contributed by atoms with E-state index in [0.717, 1.165) is 5.69 Å². The lowest BCUT2D eigenvalue weighted by Crippen LogP contribution is -2.18. The smallest absolute Gasteiger partial charge is 0.315 e. The van der Waals surface area contributed by atoms with Gasteiger partial charge in [-0.1, -0.05) is 30.3 Å². The summed E-state index contributed by atoms with van der Waals surface area (Å²) in [5.41, 5.74) is 2.18. The number of carbonyl (C=O) groups is 2. The number of aromatic nitrogens is 1. The maximum atomic E-state index is 12.6. The fraction of sp³-hybridized carbons (Fsp3) is 0.333. The molecule has 0 bridgehead atoms. The van der Waals surface area contributed by atoms with Gasteiger partial charge >= 0.3 is 5.97 Å². The molecule has 1 aromatic heterocycles. The first-order chi connectivity index (χ1) is 10.6. The number of ether oxygens (including phenoxy) is 1. The van der Waals surface area contributed by atoms with Gasteiger partial charge < -0.3 is 9.30 Å². The van der Waals surface area contributed by atoms with Crippen molar-refractivity contribution in [3.8, 4) is 0 Å². The fourth-order valence-corrected chi connectivity index (χ4v) is 2.93. The summed E-state index contributed by atoms with van der Waals surface area (Å²) in [5, 5.41) is 0. The van der Waals surface area contributed by atoms with E-state index in [-0.39, 0.29) is 23.8 Å². The number of ketones is 1. The van der Waals surface area contributed by atoms with Crippen molar-refractivity contribution in [3.63, 3.8) is 0 Å². The molecule has 0 saturated carbocycles. The average Bonchev–Trinajstić information content (AvgIpc) is 3.08. The third kappa shape index (κ3) is 2.56. The Balaban J connectivity index is 1.87. The van der Waals surface area contributed by atoms with Crippen molar-refractivity contribution >= 4 is 11.8 Å². The lowest BCUT2D eigenvalue weighted by molar-refractivity contribution is -0.149. The molecule has 0 aliphatic carbocycles. The molecule has 3 rings (SSSR count). The zero-order valence-electron chi connectivity index (χ0n) is 12.8. The van der Waals surface area contributed by atoms with Crippen molar-refractivity contribution in [1.82, 2.24) is 4.57 Å². The first kappa shape index (κ1) is 14.6. The number of carbonyl (C=O) groups excluding carboxylic acids is 2. The second-order valence-corrected chi connectivity index (χ2v) is 5.82. The molecule has 2 aromatic rings. The summed E-state index contributed by atoms with van der Waals surface area (Å²) in [7, 11) is 0. The molecule has 1 aliphatic rings. The minimum atomic E-state index is -0.264. The van der Waals surface area contributed by atoms with Crippen LogP contribution in [0.2, 0.25) is 0 Å².